The Morgan fingerprint density at radius 2 is 1.92 bits per heavy atom. The van der Waals surface area contributed by atoms with Gasteiger partial charge in [-0.2, -0.15) is 0 Å². The van der Waals surface area contributed by atoms with Crippen molar-refractivity contribution in [3.63, 3.8) is 0 Å². The maximum absolute atomic E-state index is 12.7. The van der Waals surface area contributed by atoms with Gasteiger partial charge in [-0.15, -0.1) is 5.10 Å². The molecule has 2 atom stereocenters. The van der Waals surface area contributed by atoms with Crippen LogP contribution in [-0.2, 0) is 14.8 Å². The number of nitrogens with zero attached hydrogens (tertiary/aromatic N) is 3. The molecule has 1 saturated carbocycles. The third-order valence-electron chi connectivity index (χ3n) is 4.61. The van der Waals surface area contributed by atoms with E-state index in [-0.39, 0.29) is 22.7 Å². The topological polar surface area (TPSA) is 103 Å². The average molecular weight is 378 g/mol. The van der Waals surface area contributed by atoms with Gasteiger partial charge < -0.3 is 4.74 Å². The lowest BCUT2D eigenvalue weighted by Crippen LogP contribution is -2.43. The Balaban J connectivity index is 1.82. The van der Waals surface area contributed by atoms with Gasteiger partial charge in [0.15, 0.2) is 5.69 Å². The monoisotopic (exact) mass is 378 g/mol. The lowest BCUT2D eigenvalue weighted by atomic mass is 9.91. The molecule has 8 nitrogen and oxygen atoms in total. The Kier molecular flexibility index (Phi) is 5.38. The van der Waals surface area contributed by atoms with Crippen molar-refractivity contribution >= 4 is 16.0 Å². The Hall–Kier alpha value is -2.26. The normalized spacial score (nSPS) is 20.7. The van der Waals surface area contributed by atoms with E-state index in [1.54, 1.807) is 28.9 Å². The van der Waals surface area contributed by atoms with E-state index < -0.39 is 16.0 Å². The Bertz CT molecular complexity index is 876. The lowest BCUT2D eigenvalue weighted by Gasteiger charge is -2.31. The summed E-state index contributed by atoms with van der Waals surface area (Å²) in [6.07, 6.45) is 4.85. The van der Waals surface area contributed by atoms with Gasteiger partial charge in [0, 0.05) is 6.04 Å². The van der Waals surface area contributed by atoms with Crippen LogP contribution in [0.25, 0.3) is 0 Å². The molecule has 0 unspecified atom stereocenters. The summed E-state index contributed by atoms with van der Waals surface area (Å²) in [5.74, 6) is -0.566. The highest BCUT2D eigenvalue weighted by molar-refractivity contribution is 7.89. The number of carbonyl (C=O) groups excluding carboxylic acids is 1. The van der Waals surface area contributed by atoms with E-state index in [1.807, 2.05) is 6.92 Å². The molecule has 0 spiro atoms. The molecule has 0 bridgehead atoms. The number of nitrogens with one attached hydrogen (secondary N) is 1. The standard InChI is InChI=1S/C17H22N4O4S/c1-12-7-9-13(10-8-12)26(23,24)19-14-5-3-4-6-16(14)21-11-15(18-20-21)17(22)25-2/h7-11,14,16,19H,3-6H2,1-2H3/t14-,16-/m1/s1. The largest absolute Gasteiger partial charge is 0.464 e. The van der Waals surface area contributed by atoms with E-state index in [4.69, 9.17) is 0 Å². The van der Waals surface area contributed by atoms with E-state index >= 15 is 0 Å². The third-order valence-corrected chi connectivity index (χ3v) is 6.12. The molecule has 26 heavy (non-hydrogen) atoms. The van der Waals surface area contributed by atoms with Crippen LogP contribution >= 0.6 is 0 Å². The number of aryl methyl sites for hydroxylation is 1. The van der Waals surface area contributed by atoms with Crippen LogP contribution in [0.5, 0.6) is 0 Å². The second-order valence-electron chi connectivity index (χ2n) is 6.47. The fourth-order valence-electron chi connectivity index (χ4n) is 3.19. The number of sulfonamides is 1. The Morgan fingerprint density at radius 1 is 1.23 bits per heavy atom. The second kappa shape index (κ2) is 7.55. The molecule has 1 heterocycles. The van der Waals surface area contributed by atoms with Gasteiger partial charge in [0.25, 0.3) is 0 Å². The summed E-state index contributed by atoms with van der Waals surface area (Å²) >= 11 is 0. The van der Waals surface area contributed by atoms with Gasteiger partial charge in [0.2, 0.25) is 10.0 Å². The number of hydrogen-bond donors (Lipinski definition) is 1. The zero-order chi connectivity index (χ0) is 18.7. The number of carbonyl (C=O) groups is 1. The van der Waals surface area contributed by atoms with Crippen molar-refractivity contribution < 1.29 is 17.9 Å². The Morgan fingerprint density at radius 3 is 2.62 bits per heavy atom. The zero-order valence-corrected chi connectivity index (χ0v) is 15.6. The van der Waals surface area contributed by atoms with Crippen molar-refractivity contribution in [2.24, 2.45) is 0 Å². The van der Waals surface area contributed by atoms with Crippen molar-refractivity contribution in [2.45, 2.75) is 49.6 Å². The zero-order valence-electron chi connectivity index (χ0n) is 14.8. The fraction of sp³-hybridized carbons (Fsp3) is 0.471. The summed E-state index contributed by atoms with van der Waals surface area (Å²) < 4.78 is 34.4. The number of esters is 1. The van der Waals surface area contributed by atoms with Crippen LogP contribution in [0.4, 0.5) is 0 Å². The van der Waals surface area contributed by atoms with E-state index in [0.717, 1.165) is 24.8 Å². The minimum absolute atomic E-state index is 0.109. The molecule has 140 valence electrons. The third kappa shape index (κ3) is 3.94. The predicted octanol–water partition coefficient (Wildman–Crippen LogP) is 1.84. The quantitative estimate of drug-likeness (QED) is 0.796. The Labute approximate surface area is 152 Å². The van der Waals surface area contributed by atoms with E-state index in [0.29, 0.717) is 6.42 Å². The molecule has 1 aliphatic rings. The number of aromatic nitrogens is 3. The lowest BCUT2D eigenvalue weighted by molar-refractivity contribution is 0.0594. The highest BCUT2D eigenvalue weighted by Gasteiger charge is 2.32. The highest BCUT2D eigenvalue weighted by Crippen LogP contribution is 2.29. The van der Waals surface area contributed by atoms with Gasteiger partial charge in [0.05, 0.1) is 24.2 Å². The number of rotatable bonds is 5. The number of hydrogen-bond acceptors (Lipinski definition) is 6. The summed E-state index contributed by atoms with van der Waals surface area (Å²) in [5.41, 5.74) is 1.11. The summed E-state index contributed by atoms with van der Waals surface area (Å²) in [7, 11) is -2.36. The fourth-order valence-corrected chi connectivity index (χ4v) is 4.49. The molecule has 0 radical (unpaired) electrons. The molecule has 9 heteroatoms. The molecule has 3 rings (SSSR count). The second-order valence-corrected chi connectivity index (χ2v) is 8.18. The predicted molar refractivity (Wildman–Crippen MR) is 94.2 cm³/mol. The van der Waals surface area contributed by atoms with Gasteiger partial charge in [-0.3, -0.25) is 0 Å². The van der Waals surface area contributed by atoms with Crippen molar-refractivity contribution in [1.82, 2.24) is 19.7 Å². The maximum Gasteiger partial charge on any atom is 0.360 e. The van der Waals surface area contributed by atoms with E-state index in [1.165, 1.54) is 13.3 Å². The van der Waals surface area contributed by atoms with E-state index in [2.05, 4.69) is 19.8 Å². The molecule has 1 aliphatic carbocycles. The summed E-state index contributed by atoms with van der Waals surface area (Å²) in [6, 6.07) is 6.22. The van der Waals surface area contributed by atoms with Crippen molar-refractivity contribution in [3.05, 3.63) is 41.7 Å². The molecular weight excluding hydrogens is 356 g/mol. The summed E-state index contributed by atoms with van der Waals surface area (Å²) in [4.78, 5) is 11.8. The number of benzene rings is 1. The van der Waals surface area contributed by atoms with Gasteiger partial charge in [0.1, 0.15) is 0 Å². The van der Waals surface area contributed by atoms with E-state index in [9.17, 15) is 13.2 Å². The molecule has 1 N–H and O–H groups in total. The maximum atomic E-state index is 12.7. The molecule has 0 saturated heterocycles. The van der Waals surface area contributed by atoms with Crippen LogP contribution in [0.3, 0.4) is 0 Å². The molecule has 1 aromatic heterocycles. The minimum atomic E-state index is -3.63. The van der Waals surface area contributed by atoms with Crippen LogP contribution in [-0.4, -0.2) is 42.5 Å². The van der Waals surface area contributed by atoms with Gasteiger partial charge in [-0.25, -0.2) is 22.6 Å². The van der Waals surface area contributed by atoms with Crippen molar-refractivity contribution in [1.29, 1.82) is 0 Å². The molecule has 0 amide bonds. The smallest absolute Gasteiger partial charge is 0.360 e. The molecular formula is C17H22N4O4S. The SMILES string of the molecule is COC(=O)c1cn([C@@H]2CCCC[C@H]2NS(=O)(=O)c2ccc(C)cc2)nn1. The van der Waals surface area contributed by atoms with Crippen LogP contribution in [0, 0.1) is 6.92 Å². The number of ether oxygens (including phenoxy) is 1. The van der Waals surface area contributed by atoms with Crippen LogP contribution in [0.15, 0.2) is 35.4 Å². The first-order valence-electron chi connectivity index (χ1n) is 8.50. The van der Waals surface area contributed by atoms with Gasteiger partial charge >= 0.3 is 5.97 Å². The van der Waals surface area contributed by atoms with Gasteiger partial charge in [-0.05, 0) is 31.9 Å². The molecule has 1 aromatic carbocycles. The van der Waals surface area contributed by atoms with Crippen LogP contribution in [0.1, 0.15) is 47.8 Å². The van der Waals surface area contributed by atoms with Crippen molar-refractivity contribution in [3.8, 4) is 0 Å². The molecule has 1 fully saturated rings. The van der Waals surface area contributed by atoms with Crippen LogP contribution < -0.4 is 4.72 Å². The number of methoxy groups -OCH3 is 1. The first-order chi connectivity index (χ1) is 12.4. The summed E-state index contributed by atoms with van der Waals surface area (Å²) in [6.45, 7) is 1.91. The average Bonchev–Trinajstić information content (AvgIpc) is 3.11. The molecule has 2 aromatic rings. The highest BCUT2D eigenvalue weighted by atomic mass is 32.2. The molecule has 0 aliphatic heterocycles. The first kappa shape index (κ1) is 18.5. The first-order valence-corrected chi connectivity index (χ1v) is 9.98. The van der Waals surface area contributed by atoms with Crippen molar-refractivity contribution in [2.75, 3.05) is 7.11 Å². The van der Waals surface area contributed by atoms with Gasteiger partial charge in [-0.1, -0.05) is 35.8 Å². The minimum Gasteiger partial charge on any atom is -0.464 e. The summed E-state index contributed by atoms with van der Waals surface area (Å²) in [5, 5.41) is 7.83. The van der Waals surface area contributed by atoms with Crippen LogP contribution in [0.2, 0.25) is 0 Å².